The third kappa shape index (κ3) is 2.76. The average molecular weight is 289 g/mol. The van der Waals surface area contributed by atoms with Crippen LogP contribution in [0.5, 0.6) is 0 Å². The van der Waals surface area contributed by atoms with E-state index in [1.54, 1.807) is 6.07 Å². The Hall–Kier alpha value is -2.05. The fourth-order valence-corrected chi connectivity index (χ4v) is 2.60. The summed E-state index contributed by atoms with van der Waals surface area (Å²) < 4.78 is 18.3. The van der Waals surface area contributed by atoms with E-state index in [2.05, 4.69) is 10.1 Å². The molecule has 3 rings (SSSR count). The average Bonchev–Trinajstić information content (AvgIpc) is 3.09. The molecule has 2 N–H and O–H groups in total. The van der Waals surface area contributed by atoms with Crippen molar-refractivity contribution in [1.82, 2.24) is 10.1 Å². The van der Waals surface area contributed by atoms with Crippen LogP contribution in [0.1, 0.15) is 28.2 Å². The Bertz CT molecular complexity index is 696. The van der Waals surface area contributed by atoms with Crippen molar-refractivity contribution >= 4 is 11.3 Å². The predicted molar refractivity (Wildman–Crippen MR) is 73.9 cm³/mol. The zero-order valence-electron chi connectivity index (χ0n) is 10.5. The van der Waals surface area contributed by atoms with Crippen LogP contribution in [-0.2, 0) is 6.42 Å². The predicted octanol–water partition coefficient (Wildman–Crippen LogP) is 2.91. The molecular weight excluding hydrogens is 277 g/mol. The second-order valence-corrected chi connectivity index (χ2v) is 5.33. The molecule has 0 aliphatic rings. The molecule has 0 aliphatic heterocycles. The maximum absolute atomic E-state index is 13.1. The molecule has 1 aromatic carbocycles. The number of nitrogens with zero attached hydrogens (tertiary/aromatic N) is 2. The highest BCUT2D eigenvalue weighted by Gasteiger charge is 2.17. The number of aromatic nitrogens is 2. The second kappa shape index (κ2) is 5.52. The Balaban J connectivity index is 1.77. The lowest BCUT2D eigenvalue weighted by molar-refractivity contribution is 0.364. The van der Waals surface area contributed by atoms with Crippen LogP contribution >= 0.6 is 11.3 Å². The van der Waals surface area contributed by atoms with Gasteiger partial charge in [-0.1, -0.05) is 23.4 Å². The lowest BCUT2D eigenvalue weighted by Gasteiger charge is -2.01. The molecule has 20 heavy (non-hydrogen) atoms. The molecule has 0 saturated heterocycles. The van der Waals surface area contributed by atoms with E-state index in [1.165, 1.54) is 23.5 Å². The Labute approximate surface area is 119 Å². The number of nitrogens with two attached hydrogens (primary N) is 1. The van der Waals surface area contributed by atoms with Gasteiger partial charge in [-0.2, -0.15) is 4.98 Å². The highest BCUT2D eigenvalue weighted by molar-refractivity contribution is 7.10. The lowest BCUT2D eigenvalue weighted by atomic mass is 10.1. The van der Waals surface area contributed by atoms with E-state index >= 15 is 0 Å². The van der Waals surface area contributed by atoms with Crippen molar-refractivity contribution in [2.75, 3.05) is 0 Å². The molecule has 0 amide bonds. The minimum atomic E-state index is -0.413. The first-order valence-electron chi connectivity index (χ1n) is 6.08. The molecular formula is C14H12FN3OS. The molecule has 1 atom stereocenters. The van der Waals surface area contributed by atoms with Gasteiger partial charge in [-0.15, -0.1) is 11.3 Å². The highest BCUT2D eigenvalue weighted by atomic mass is 32.1. The molecule has 3 aromatic rings. The van der Waals surface area contributed by atoms with Gasteiger partial charge in [0, 0.05) is 11.3 Å². The van der Waals surface area contributed by atoms with Crippen LogP contribution in [0.4, 0.5) is 4.39 Å². The molecule has 0 fully saturated rings. The van der Waals surface area contributed by atoms with Gasteiger partial charge in [0.2, 0.25) is 5.89 Å². The normalized spacial score (nSPS) is 12.5. The molecule has 2 heterocycles. The number of rotatable bonds is 4. The van der Waals surface area contributed by atoms with E-state index in [0.717, 1.165) is 10.4 Å². The van der Waals surface area contributed by atoms with Gasteiger partial charge < -0.3 is 10.3 Å². The van der Waals surface area contributed by atoms with Gasteiger partial charge in [0.25, 0.3) is 0 Å². The summed E-state index contributed by atoms with van der Waals surface area (Å²) in [6, 6.07) is 9.76. The minimum Gasteiger partial charge on any atom is -0.337 e. The zero-order chi connectivity index (χ0) is 13.9. The number of hydrogen-bond donors (Lipinski definition) is 1. The van der Waals surface area contributed by atoms with Crippen molar-refractivity contribution in [2.24, 2.45) is 5.73 Å². The minimum absolute atomic E-state index is 0.276. The molecule has 0 aliphatic carbocycles. The number of halogens is 1. The molecule has 1 unspecified atom stereocenters. The van der Waals surface area contributed by atoms with Gasteiger partial charge in [-0.3, -0.25) is 0 Å². The summed E-state index contributed by atoms with van der Waals surface area (Å²) in [7, 11) is 0. The van der Waals surface area contributed by atoms with E-state index in [-0.39, 0.29) is 5.82 Å². The molecule has 102 valence electrons. The lowest BCUT2D eigenvalue weighted by Crippen LogP contribution is -2.10. The third-order valence-electron chi connectivity index (χ3n) is 2.85. The van der Waals surface area contributed by atoms with Crippen LogP contribution in [0.2, 0.25) is 0 Å². The third-order valence-corrected chi connectivity index (χ3v) is 3.81. The van der Waals surface area contributed by atoms with Crippen molar-refractivity contribution in [3.63, 3.8) is 0 Å². The van der Waals surface area contributed by atoms with E-state index in [9.17, 15) is 4.39 Å². The maximum atomic E-state index is 13.1. The molecule has 6 heteroatoms. The Kier molecular flexibility index (Phi) is 3.58. The first-order valence-corrected chi connectivity index (χ1v) is 6.96. The SMILES string of the molecule is NC(c1nc(Cc2cccc(F)c2)no1)c1cccs1. The van der Waals surface area contributed by atoms with E-state index in [1.807, 2.05) is 23.6 Å². The highest BCUT2D eigenvalue weighted by Crippen LogP contribution is 2.22. The van der Waals surface area contributed by atoms with E-state index in [0.29, 0.717) is 18.1 Å². The fourth-order valence-electron chi connectivity index (χ4n) is 1.89. The van der Waals surface area contributed by atoms with Gasteiger partial charge >= 0.3 is 0 Å². The van der Waals surface area contributed by atoms with Gasteiger partial charge in [-0.05, 0) is 29.1 Å². The summed E-state index contributed by atoms with van der Waals surface area (Å²) in [6.45, 7) is 0. The first-order chi connectivity index (χ1) is 9.72. The van der Waals surface area contributed by atoms with Crippen molar-refractivity contribution in [3.8, 4) is 0 Å². The summed E-state index contributed by atoms with van der Waals surface area (Å²) in [5.41, 5.74) is 6.84. The summed E-state index contributed by atoms with van der Waals surface area (Å²) in [4.78, 5) is 5.24. The Morgan fingerprint density at radius 2 is 2.20 bits per heavy atom. The van der Waals surface area contributed by atoms with E-state index < -0.39 is 6.04 Å². The Morgan fingerprint density at radius 3 is 2.95 bits per heavy atom. The zero-order valence-corrected chi connectivity index (χ0v) is 11.3. The van der Waals surface area contributed by atoms with Crippen LogP contribution in [-0.4, -0.2) is 10.1 Å². The number of thiophene rings is 1. The van der Waals surface area contributed by atoms with Crippen LogP contribution in [0, 0.1) is 5.82 Å². The van der Waals surface area contributed by atoms with Crippen molar-refractivity contribution in [2.45, 2.75) is 12.5 Å². The van der Waals surface area contributed by atoms with Gasteiger partial charge in [0.15, 0.2) is 5.82 Å². The van der Waals surface area contributed by atoms with Crippen molar-refractivity contribution < 1.29 is 8.91 Å². The fraction of sp³-hybridized carbons (Fsp3) is 0.143. The monoisotopic (exact) mass is 289 g/mol. The smallest absolute Gasteiger partial charge is 0.248 e. The van der Waals surface area contributed by atoms with Crippen LogP contribution in [0.15, 0.2) is 46.3 Å². The van der Waals surface area contributed by atoms with E-state index in [4.69, 9.17) is 10.3 Å². The molecule has 0 spiro atoms. The maximum Gasteiger partial charge on any atom is 0.248 e. The van der Waals surface area contributed by atoms with Crippen LogP contribution in [0.25, 0.3) is 0 Å². The van der Waals surface area contributed by atoms with Gasteiger partial charge in [0.1, 0.15) is 11.9 Å². The quantitative estimate of drug-likeness (QED) is 0.802. The Morgan fingerprint density at radius 1 is 1.30 bits per heavy atom. The topological polar surface area (TPSA) is 64.9 Å². The van der Waals surface area contributed by atoms with Crippen molar-refractivity contribution in [1.29, 1.82) is 0 Å². The first kappa shape index (κ1) is 13.0. The molecule has 0 saturated carbocycles. The van der Waals surface area contributed by atoms with Gasteiger partial charge in [0.05, 0.1) is 0 Å². The molecule has 0 bridgehead atoms. The standard InChI is InChI=1S/C14H12FN3OS/c15-10-4-1-3-9(7-10)8-12-17-14(19-18-12)13(16)11-5-2-6-20-11/h1-7,13H,8,16H2. The summed E-state index contributed by atoms with van der Waals surface area (Å²) in [5, 5.41) is 5.83. The largest absolute Gasteiger partial charge is 0.337 e. The second-order valence-electron chi connectivity index (χ2n) is 4.35. The molecule has 0 radical (unpaired) electrons. The van der Waals surface area contributed by atoms with Crippen molar-refractivity contribution in [3.05, 3.63) is 69.8 Å². The van der Waals surface area contributed by atoms with Crippen LogP contribution in [0.3, 0.4) is 0 Å². The molecule has 2 aromatic heterocycles. The number of benzene rings is 1. The molecule has 4 nitrogen and oxygen atoms in total. The van der Waals surface area contributed by atoms with Gasteiger partial charge in [-0.25, -0.2) is 4.39 Å². The van der Waals surface area contributed by atoms with Crippen LogP contribution < -0.4 is 5.73 Å². The summed E-state index contributed by atoms with van der Waals surface area (Å²) >= 11 is 1.54. The number of hydrogen-bond acceptors (Lipinski definition) is 5. The summed E-state index contributed by atoms with van der Waals surface area (Å²) in [5.74, 6) is 0.595. The summed E-state index contributed by atoms with van der Waals surface area (Å²) in [6.07, 6.45) is 0.415.